The van der Waals surface area contributed by atoms with E-state index in [-0.39, 0.29) is 11.9 Å². The fourth-order valence-electron chi connectivity index (χ4n) is 2.72. The third kappa shape index (κ3) is 2.57. The van der Waals surface area contributed by atoms with Crippen LogP contribution in [0, 0.1) is 0 Å². The van der Waals surface area contributed by atoms with Crippen molar-refractivity contribution in [2.24, 2.45) is 0 Å². The van der Waals surface area contributed by atoms with Crippen molar-refractivity contribution in [2.45, 2.75) is 13.0 Å². The lowest BCUT2D eigenvalue weighted by Crippen LogP contribution is -2.36. The molecule has 2 aromatic rings. The van der Waals surface area contributed by atoms with Crippen molar-refractivity contribution in [1.82, 2.24) is 9.88 Å². The first kappa shape index (κ1) is 14.3. The van der Waals surface area contributed by atoms with Gasteiger partial charge in [-0.05, 0) is 29.7 Å². The van der Waals surface area contributed by atoms with Crippen LogP contribution in [0.25, 0.3) is 0 Å². The van der Waals surface area contributed by atoms with Crippen molar-refractivity contribution in [3.63, 3.8) is 0 Å². The molecule has 1 aliphatic heterocycles. The van der Waals surface area contributed by atoms with E-state index in [0.29, 0.717) is 30.6 Å². The number of carbonyl (C=O) groups is 2. The summed E-state index contributed by atoms with van der Waals surface area (Å²) < 4.78 is 4.79. The first-order valence-electron chi connectivity index (χ1n) is 7.09. The second kappa shape index (κ2) is 5.97. The number of aromatic nitrogens is 1. The summed E-state index contributed by atoms with van der Waals surface area (Å²) in [4.78, 5) is 30.2. The van der Waals surface area contributed by atoms with Gasteiger partial charge in [-0.2, -0.15) is 0 Å². The zero-order valence-corrected chi connectivity index (χ0v) is 12.3. The molecule has 0 bridgehead atoms. The van der Waals surface area contributed by atoms with Crippen molar-refractivity contribution >= 4 is 11.9 Å². The third-order valence-electron chi connectivity index (χ3n) is 3.85. The number of amides is 1. The van der Waals surface area contributed by atoms with E-state index in [1.807, 2.05) is 18.2 Å². The molecule has 1 aromatic carbocycles. The number of fused-ring (bicyclic) bond motifs is 1. The van der Waals surface area contributed by atoms with Gasteiger partial charge in [0, 0.05) is 31.0 Å². The number of hydrogen-bond donors (Lipinski definition) is 0. The summed E-state index contributed by atoms with van der Waals surface area (Å²) in [6, 6.07) is 9.20. The molecule has 0 fully saturated rings. The molecule has 0 saturated heterocycles. The van der Waals surface area contributed by atoms with Crippen LogP contribution in [0.15, 0.2) is 42.7 Å². The number of nitrogens with zero attached hydrogens (tertiary/aromatic N) is 2. The third-order valence-corrected chi connectivity index (χ3v) is 3.85. The first-order valence-corrected chi connectivity index (χ1v) is 7.09. The molecule has 0 N–H and O–H groups in total. The summed E-state index contributed by atoms with van der Waals surface area (Å²) >= 11 is 0. The van der Waals surface area contributed by atoms with Crippen molar-refractivity contribution in [3.8, 4) is 0 Å². The molecule has 0 spiro atoms. The molecule has 5 heteroatoms. The lowest BCUT2D eigenvalue weighted by atomic mass is 9.96. The van der Waals surface area contributed by atoms with E-state index in [1.165, 1.54) is 13.3 Å². The molecule has 1 aromatic heterocycles. The van der Waals surface area contributed by atoms with E-state index in [9.17, 15) is 9.59 Å². The van der Waals surface area contributed by atoms with Gasteiger partial charge in [-0.15, -0.1) is 0 Å². The predicted octanol–water partition coefficient (Wildman–Crippen LogP) is 2.07. The Balaban J connectivity index is 1.86. The highest BCUT2D eigenvalue weighted by Crippen LogP contribution is 2.23. The molecule has 1 amide bonds. The smallest absolute Gasteiger partial charge is 0.339 e. The zero-order valence-electron chi connectivity index (χ0n) is 12.3. The number of carbonyl (C=O) groups excluding carboxylic acids is 2. The van der Waals surface area contributed by atoms with Crippen molar-refractivity contribution in [1.29, 1.82) is 0 Å². The van der Waals surface area contributed by atoms with Gasteiger partial charge in [0.05, 0.1) is 12.7 Å². The standard InChI is InChI=1S/C17H16N2O3/c1-22-17(21)15-10-18-9-13-11-19(8-7-14(13)15)16(20)12-5-3-2-4-6-12/h2-6,9-10H,7-8,11H2,1H3. The molecular formula is C17H16N2O3. The van der Waals surface area contributed by atoms with Crippen LogP contribution in [0.3, 0.4) is 0 Å². The fraction of sp³-hybridized carbons (Fsp3) is 0.235. The van der Waals surface area contributed by atoms with Gasteiger partial charge in [0.25, 0.3) is 5.91 Å². The molecule has 22 heavy (non-hydrogen) atoms. The van der Waals surface area contributed by atoms with Gasteiger partial charge in [-0.1, -0.05) is 18.2 Å². The highest BCUT2D eigenvalue weighted by atomic mass is 16.5. The Kier molecular flexibility index (Phi) is 3.87. The maximum atomic E-state index is 12.5. The molecule has 1 aliphatic rings. The van der Waals surface area contributed by atoms with Crippen LogP contribution >= 0.6 is 0 Å². The van der Waals surface area contributed by atoms with E-state index in [1.54, 1.807) is 23.2 Å². The second-order valence-electron chi connectivity index (χ2n) is 5.16. The number of esters is 1. The Morgan fingerprint density at radius 1 is 1.18 bits per heavy atom. The number of pyridine rings is 1. The van der Waals surface area contributed by atoms with Crippen LogP contribution in [-0.2, 0) is 17.7 Å². The van der Waals surface area contributed by atoms with Gasteiger partial charge < -0.3 is 9.64 Å². The van der Waals surface area contributed by atoms with Crippen molar-refractivity contribution in [2.75, 3.05) is 13.7 Å². The average molecular weight is 296 g/mol. The first-order chi connectivity index (χ1) is 10.7. The summed E-state index contributed by atoms with van der Waals surface area (Å²) in [7, 11) is 1.36. The summed E-state index contributed by atoms with van der Waals surface area (Å²) in [5, 5.41) is 0. The number of hydrogen-bond acceptors (Lipinski definition) is 4. The van der Waals surface area contributed by atoms with Crippen LogP contribution in [0.2, 0.25) is 0 Å². The lowest BCUT2D eigenvalue weighted by molar-refractivity contribution is 0.0598. The number of rotatable bonds is 2. The van der Waals surface area contributed by atoms with Crippen LogP contribution < -0.4 is 0 Å². The van der Waals surface area contributed by atoms with Gasteiger partial charge in [0.15, 0.2) is 0 Å². The number of ether oxygens (including phenoxy) is 1. The van der Waals surface area contributed by atoms with Crippen LogP contribution in [0.1, 0.15) is 31.8 Å². The Hall–Kier alpha value is -2.69. The monoisotopic (exact) mass is 296 g/mol. The van der Waals surface area contributed by atoms with Crippen LogP contribution in [0.5, 0.6) is 0 Å². The second-order valence-corrected chi connectivity index (χ2v) is 5.16. The minimum Gasteiger partial charge on any atom is -0.465 e. The van der Waals surface area contributed by atoms with E-state index in [2.05, 4.69) is 4.98 Å². The molecular weight excluding hydrogens is 280 g/mol. The Bertz CT molecular complexity index is 713. The SMILES string of the molecule is COC(=O)c1cncc2c1CCN(C(=O)c1ccccc1)C2. The average Bonchev–Trinajstić information content (AvgIpc) is 2.60. The maximum Gasteiger partial charge on any atom is 0.339 e. The Labute approximate surface area is 128 Å². The quantitative estimate of drug-likeness (QED) is 0.796. The molecule has 3 rings (SSSR count). The van der Waals surface area contributed by atoms with Gasteiger partial charge in [0.1, 0.15) is 0 Å². The fourth-order valence-corrected chi connectivity index (χ4v) is 2.72. The maximum absolute atomic E-state index is 12.5. The predicted molar refractivity (Wildman–Crippen MR) is 80.5 cm³/mol. The lowest BCUT2D eigenvalue weighted by Gasteiger charge is -2.29. The molecule has 0 radical (unpaired) electrons. The Morgan fingerprint density at radius 3 is 2.68 bits per heavy atom. The van der Waals surface area contributed by atoms with E-state index >= 15 is 0 Å². The molecule has 0 unspecified atom stereocenters. The summed E-state index contributed by atoms with van der Waals surface area (Å²) in [6.45, 7) is 1.04. The van der Waals surface area contributed by atoms with E-state index in [4.69, 9.17) is 4.74 Å². The topological polar surface area (TPSA) is 59.5 Å². The van der Waals surface area contributed by atoms with Gasteiger partial charge >= 0.3 is 5.97 Å². The minimum absolute atomic E-state index is 0.00489. The van der Waals surface area contributed by atoms with Gasteiger partial charge in [-0.25, -0.2) is 4.79 Å². The number of benzene rings is 1. The summed E-state index contributed by atoms with van der Waals surface area (Å²) in [5.41, 5.74) is 2.99. The largest absolute Gasteiger partial charge is 0.465 e. The highest BCUT2D eigenvalue weighted by Gasteiger charge is 2.25. The number of methoxy groups -OCH3 is 1. The molecule has 112 valence electrons. The molecule has 0 atom stereocenters. The molecule has 0 aliphatic carbocycles. The Morgan fingerprint density at radius 2 is 1.95 bits per heavy atom. The summed E-state index contributed by atoms with van der Waals surface area (Å²) in [6.07, 6.45) is 3.87. The zero-order chi connectivity index (χ0) is 15.5. The van der Waals surface area contributed by atoms with E-state index in [0.717, 1.165) is 11.1 Å². The van der Waals surface area contributed by atoms with Gasteiger partial charge in [-0.3, -0.25) is 9.78 Å². The van der Waals surface area contributed by atoms with Crippen molar-refractivity contribution < 1.29 is 14.3 Å². The van der Waals surface area contributed by atoms with E-state index < -0.39 is 0 Å². The summed E-state index contributed by atoms with van der Waals surface area (Å²) in [5.74, 6) is -0.387. The minimum atomic E-state index is -0.382. The van der Waals surface area contributed by atoms with Crippen molar-refractivity contribution in [3.05, 3.63) is 65.0 Å². The highest BCUT2D eigenvalue weighted by molar-refractivity contribution is 5.95. The van der Waals surface area contributed by atoms with Crippen LogP contribution in [0.4, 0.5) is 0 Å². The van der Waals surface area contributed by atoms with Gasteiger partial charge in [0.2, 0.25) is 0 Å². The van der Waals surface area contributed by atoms with Crippen LogP contribution in [-0.4, -0.2) is 35.4 Å². The molecule has 2 heterocycles. The normalized spacial score (nSPS) is 13.4. The molecule has 0 saturated carbocycles. The molecule has 5 nitrogen and oxygen atoms in total.